The van der Waals surface area contributed by atoms with Gasteiger partial charge in [-0.25, -0.2) is 26.3 Å². The molecule has 1 fully saturated rings. The van der Waals surface area contributed by atoms with Crippen molar-refractivity contribution in [2.45, 2.75) is 74.2 Å². The quantitative estimate of drug-likeness (QED) is 0.0151. The van der Waals surface area contributed by atoms with E-state index in [-0.39, 0.29) is 35.4 Å². The maximum Gasteiger partial charge on any atom is 0.286 e. The highest BCUT2D eigenvalue weighted by molar-refractivity contribution is 7.90. The fourth-order valence-electron chi connectivity index (χ4n) is 8.55. The predicted molar refractivity (Wildman–Crippen MR) is 291 cm³/mol. The molecule has 6 aromatic rings. The first-order valence-electron chi connectivity index (χ1n) is 24.8. The zero-order valence-corrected chi connectivity index (χ0v) is 44.8. The minimum atomic E-state index is -4.80. The first kappa shape index (κ1) is 59.5. The number of carbonyl (C=O) groups excluding carboxylic acids is 2. The van der Waals surface area contributed by atoms with Crippen LogP contribution < -0.4 is 11.5 Å². The van der Waals surface area contributed by atoms with Crippen molar-refractivity contribution in [2.75, 3.05) is 6.61 Å². The third-order valence-corrected chi connectivity index (χ3v) is 15.5. The highest BCUT2D eigenvalue weighted by Gasteiger charge is 2.33. The molecule has 9 rings (SSSR count). The van der Waals surface area contributed by atoms with Crippen molar-refractivity contribution in [1.29, 1.82) is 0 Å². The van der Waals surface area contributed by atoms with E-state index in [0.717, 1.165) is 68.3 Å². The van der Waals surface area contributed by atoms with Gasteiger partial charge in [0, 0.05) is 30.6 Å². The van der Waals surface area contributed by atoms with Crippen molar-refractivity contribution >= 4 is 77.6 Å². The summed E-state index contributed by atoms with van der Waals surface area (Å²) < 4.78 is 156. The highest BCUT2D eigenvalue weighted by Crippen LogP contribution is 2.36. The van der Waals surface area contributed by atoms with Gasteiger partial charge >= 0.3 is 0 Å². The average Bonchev–Trinajstić information content (AvgIpc) is 4.20. The number of ether oxygens (including phenoxy) is 2. The van der Waals surface area contributed by atoms with Crippen molar-refractivity contribution in [1.82, 2.24) is 0 Å². The molecule has 0 aromatic heterocycles. The minimum absolute atomic E-state index is 0.00228. The zero-order valence-electron chi connectivity index (χ0n) is 43.2. The summed E-state index contributed by atoms with van der Waals surface area (Å²) >= 11 is 0. The Morgan fingerprint density at radius 1 is 0.610 bits per heavy atom. The van der Waals surface area contributed by atoms with Gasteiger partial charge in [-0.3, -0.25) is 19.6 Å². The van der Waals surface area contributed by atoms with Crippen LogP contribution in [0.25, 0.3) is 11.5 Å². The van der Waals surface area contributed by atoms with Crippen LogP contribution in [0.4, 0.5) is 37.7 Å². The third kappa shape index (κ3) is 13.2. The number of halogens is 6. The number of carbonyl (C=O) groups is 2. The molecule has 7 N–H and O–H groups in total. The molecule has 6 aromatic carbocycles. The molecule has 0 saturated carbocycles. The van der Waals surface area contributed by atoms with Crippen LogP contribution in [0.1, 0.15) is 76.1 Å². The van der Waals surface area contributed by atoms with E-state index in [0.29, 0.717) is 59.8 Å². The Balaban J connectivity index is 0.000000217. The highest BCUT2D eigenvalue weighted by atomic mass is 32.2. The van der Waals surface area contributed by atoms with E-state index in [4.69, 9.17) is 20.9 Å². The van der Waals surface area contributed by atoms with Crippen LogP contribution >= 0.6 is 0 Å². The smallest absolute Gasteiger partial charge is 0.286 e. The summed E-state index contributed by atoms with van der Waals surface area (Å²) in [6, 6.07) is 23.1. The van der Waals surface area contributed by atoms with Crippen LogP contribution in [-0.2, 0) is 42.4 Å². The Morgan fingerprint density at radius 2 is 1.04 bits per heavy atom. The molecule has 3 atom stereocenters. The van der Waals surface area contributed by atoms with Gasteiger partial charge in [0.2, 0.25) is 11.6 Å². The number of ketones is 2. The molecular weight excluding hydrogens is 1120 g/mol. The van der Waals surface area contributed by atoms with E-state index < -0.39 is 140 Å². The molecule has 25 heteroatoms. The number of aliphatic imine (C=N–C) groups is 2. The maximum absolute atomic E-state index is 14.9. The van der Waals surface area contributed by atoms with E-state index in [1.165, 1.54) is 6.92 Å². The number of allylic oxidation sites excluding steroid dienone is 2. The number of benzene rings is 6. The lowest BCUT2D eigenvalue weighted by Crippen LogP contribution is -2.35. The monoisotopic (exact) mass is 1170 g/mol. The second-order valence-electron chi connectivity index (χ2n) is 18.6. The third-order valence-electron chi connectivity index (χ3n) is 12.8. The Labute approximate surface area is 465 Å². The van der Waals surface area contributed by atoms with E-state index >= 15 is 0 Å². The summed E-state index contributed by atoms with van der Waals surface area (Å²) in [6.45, 7) is 3.10. The summed E-state index contributed by atoms with van der Waals surface area (Å²) in [5.41, 5.74) is 10.6. The van der Waals surface area contributed by atoms with Gasteiger partial charge in [-0.2, -0.15) is 16.8 Å². The molecular formula is C57H48F6N6O11S2. The van der Waals surface area contributed by atoms with Gasteiger partial charge < -0.3 is 36.3 Å². The number of aliphatic hydroxyl groups excluding tert-OH is 3. The number of aliphatic hydroxyl groups is 3. The number of nitrogens with two attached hydrogens (primary N) is 2. The van der Waals surface area contributed by atoms with E-state index in [1.807, 2.05) is 0 Å². The lowest BCUT2D eigenvalue weighted by Gasteiger charge is -2.25. The number of hydrogen-bond acceptors (Lipinski definition) is 13. The SMILES string of the molecule is C[C@@H](O)C(N)=NS(=O)(=O)c1cc(C(O)=C(C(=O)c2cc(F)ccc2F)C2=Nc3ccccc3C2)ccc1F.C[C@@H](OC1CCCCO1)C(N)=NS(=O)(=O)c1cc(C(O)=C(C(=O)c2cc(F)ccc2F)C2=Nc3ccccc3C2)ccc1F. The standard InChI is InChI=1S/C31H28F3N3O6S.C26H20F3N3O5S/c1-17(43-27-8-4-5-13-42-27)31(35)37-44(40,41)26-15-19(9-11-23(26)34)29(38)28(25-14-18-6-2-3-7-24(18)36-25)30(39)21-16-20(32)10-12-22(21)33;1-13(33)26(30)32-38(36,37)22-11-15(6-8-19(22)29)24(34)23(21-10-14-4-2-3-5-20(14)31-21)25(35)17-12-16(27)7-9-18(17)28/h2-3,6-7,9-12,15-17,27,38H,4-5,8,13-14H2,1H3,(H2,35,37);2-9,11-13,33-34H,10H2,1H3,(H2,30,32)/t17-,27?;13-/m11/s1. The van der Waals surface area contributed by atoms with Crippen molar-refractivity contribution in [3.8, 4) is 0 Å². The number of sulfonamides is 2. The van der Waals surface area contributed by atoms with Crippen LogP contribution in [-0.4, -0.2) is 91.9 Å². The summed E-state index contributed by atoms with van der Waals surface area (Å²) in [5.74, 6) is -11.5. The second-order valence-corrected chi connectivity index (χ2v) is 21.8. The number of para-hydroxylation sites is 2. The topological polar surface area (TPSA) is 283 Å². The molecule has 426 valence electrons. The number of rotatable bonds is 16. The van der Waals surface area contributed by atoms with Gasteiger partial charge in [0.25, 0.3) is 20.0 Å². The number of nitrogens with zero attached hydrogens (tertiary/aromatic N) is 4. The molecule has 3 aliphatic rings. The summed E-state index contributed by atoms with van der Waals surface area (Å²) in [7, 11) is -9.59. The number of hydrogen-bond donors (Lipinski definition) is 5. The van der Waals surface area contributed by atoms with Gasteiger partial charge in [0.1, 0.15) is 80.1 Å². The molecule has 17 nitrogen and oxygen atoms in total. The molecule has 82 heavy (non-hydrogen) atoms. The van der Waals surface area contributed by atoms with Crippen molar-refractivity contribution in [3.05, 3.63) is 201 Å². The fraction of sp³-hybridized carbons (Fsp3) is 0.193. The zero-order chi connectivity index (χ0) is 59.4. The van der Waals surface area contributed by atoms with Crippen LogP contribution in [0, 0.1) is 34.9 Å². The number of amidine groups is 2. The molecule has 3 aliphatic heterocycles. The van der Waals surface area contributed by atoms with Crippen LogP contribution in [0.15, 0.2) is 161 Å². The summed E-state index contributed by atoms with van der Waals surface area (Å²) in [5, 5.41) is 32.1. The Morgan fingerprint density at radius 3 is 1.45 bits per heavy atom. The predicted octanol–water partition coefficient (Wildman–Crippen LogP) is 9.57. The largest absolute Gasteiger partial charge is 0.506 e. The van der Waals surface area contributed by atoms with Crippen LogP contribution in [0.5, 0.6) is 0 Å². The average molecular weight is 1170 g/mol. The molecule has 0 aliphatic carbocycles. The van der Waals surface area contributed by atoms with Crippen molar-refractivity contribution < 1.29 is 77.6 Å². The molecule has 0 radical (unpaired) electrons. The first-order valence-corrected chi connectivity index (χ1v) is 27.6. The molecule has 0 bridgehead atoms. The Hall–Kier alpha value is -8.62. The molecule has 1 unspecified atom stereocenters. The Kier molecular flexibility index (Phi) is 17.9. The van der Waals surface area contributed by atoms with Gasteiger partial charge in [0.15, 0.2) is 6.29 Å². The summed E-state index contributed by atoms with van der Waals surface area (Å²) in [4.78, 5) is 33.9. The Bertz CT molecular complexity index is 3990. The number of Topliss-reactive ketones (excluding diaryl/α,β-unsaturated/α-hetero) is 2. The minimum Gasteiger partial charge on any atom is -0.506 e. The second kappa shape index (κ2) is 24.6. The fourth-order valence-corrected chi connectivity index (χ4v) is 10.8. The van der Waals surface area contributed by atoms with Crippen molar-refractivity contribution in [3.63, 3.8) is 0 Å². The van der Waals surface area contributed by atoms with Gasteiger partial charge in [-0.1, -0.05) is 36.4 Å². The normalized spacial score (nSPS) is 16.8. The number of fused-ring (bicyclic) bond motifs is 2. The molecule has 3 heterocycles. The van der Waals surface area contributed by atoms with E-state index in [1.54, 1.807) is 48.5 Å². The van der Waals surface area contributed by atoms with Crippen LogP contribution in [0.3, 0.4) is 0 Å². The first-order chi connectivity index (χ1) is 38.8. The van der Waals surface area contributed by atoms with E-state index in [2.05, 4.69) is 18.8 Å². The van der Waals surface area contributed by atoms with Gasteiger partial charge in [-0.15, -0.1) is 8.80 Å². The lowest BCUT2D eigenvalue weighted by molar-refractivity contribution is -0.171. The van der Waals surface area contributed by atoms with Crippen molar-refractivity contribution in [2.24, 2.45) is 30.2 Å². The lowest BCUT2D eigenvalue weighted by atomic mass is 9.93. The molecule has 0 amide bonds. The molecule has 1 saturated heterocycles. The van der Waals surface area contributed by atoms with Gasteiger partial charge in [-0.05, 0) is 129 Å². The van der Waals surface area contributed by atoms with Crippen LogP contribution in [0.2, 0.25) is 0 Å². The van der Waals surface area contributed by atoms with Gasteiger partial charge in [0.05, 0.1) is 45.1 Å². The van der Waals surface area contributed by atoms with E-state index in [9.17, 15) is 68.1 Å². The molecule has 0 spiro atoms. The maximum atomic E-state index is 14.9. The summed E-state index contributed by atoms with van der Waals surface area (Å²) in [6.07, 6.45) is -0.626.